The second-order valence-electron chi connectivity index (χ2n) is 8.80. The highest BCUT2D eigenvalue weighted by atomic mass is 16.5. The van der Waals surface area contributed by atoms with Gasteiger partial charge in [-0.3, -0.25) is 14.8 Å². The number of aromatic nitrogens is 2. The number of anilines is 1. The number of amides is 2. The van der Waals surface area contributed by atoms with E-state index in [9.17, 15) is 24.6 Å². The van der Waals surface area contributed by atoms with Gasteiger partial charge in [0.2, 0.25) is 0 Å². The number of nitrogens with zero attached hydrogens (tertiary/aromatic N) is 3. The van der Waals surface area contributed by atoms with Crippen LogP contribution in [0.5, 0.6) is 0 Å². The molecule has 35 heavy (non-hydrogen) atoms. The fourth-order valence-electron chi connectivity index (χ4n) is 4.77. The predicted molar refractivity (Wildman–Crippen MR) is 125 cm³/mol. The Kier molecular flexibility index (Phi) is 5.52. The standard InChI is InChI=1S/C25H24N4O6/c1-28-20(22(30)29-11-10-25(34,14-29)23(31)32)12-21(27-28)26-24(33)35-13-19-17-8-4-2-6-15(17)16-7-3-5-9-18(16)19/h2-9,12,19,34H,10-11,13-14H2,1H3,(H,31,32)(H,26,27,33). The summed E-state index contributed by atoms with van der Waals surface area (Å²) in [6.07, 6.45) is -0.762. The number of carbonyl (C=O) groups excluding carboxylic acids is 2. The Morgan fingerprint density at radius 3 is 2.34 bits per heavy atom. The minimum Gasteiger partial charge on any atom is -0.479 e. The summed E-state index contributed by atoms with van der Waals surface area (Å²) in [6, 6.07) is 17.4. The third-order valence-electron chi connectivity index (χ3n) is 6.61. The fraction of sp³-hybridized carbons (Fsp3) is 0.280. The molecule has 1 aliphatic heterocycles. The number of likely N-dealkylation sites (tertiary alicyclic amines) is 1. The summed E-state index contributed by atoms with van der Waals surface area (Å²) in [7, 11) is 1.54. The van der Waals surface area contributed by atoms with Gasteiger partial charge in [-0.05, 0) is 22.3 Å². The van der Waals surface area contributed by atoms with Crippen LogP contribution in [0.25, 0.3) is 11.1 Å². The van der Waals surface area contributed by atoms with Crippen molar-refractivity contribution in [3.63, 3.8) is 0 Å². The van der Waals surface area contributed by atoms with E-state index in [-0.39, 0.29) is 43.5 Å². The van der Waals surface area contributed by atoms with E-state index in [0.29, 0.717) is 0 Å². The van der Waals surface area contributed by atoms with Gasteiger partial charge in [0.1, 0.15) is 12.3 Å². The van der Waals surface area contributed by atoms with E-state index in [0.717, 1.165) is 22.3 Å². The van der Waals surface area contributed by atoms with E-state index < -0.39 is 23.6 Å². The highest BCUT2D eigenvalue weighted by molar-refractivity contribution is 5.95. The van der Waals surface area contributed by atoms with Gasteiger partial charge in [0.15, 0.2) is 11.4 Å². The van der Waals surface area contributed by atoms with Crippen LogP contribution in [0.3, 0.4) is 0 Å². The zero-order valence-electron chi connectivity index (χ0n) is 19.0. The normalized spacial score (nSPS) is 18.7. The van der Waals surface area contributed by atoms with Crippen molar-refractivity contribution >= 4 is 23.8 Å². The van der Waals surface area contributed by atoms with Gasteiger partial charge < -0.3 is 19.8 Å². The molecule has 5 rings (SSSR count). The number of ether oxygens (including phenoxy) is 1. The van der Waals surface area contributed by atoms with Gasteiger partial charge in [-0.25, -0.2) is 9.59 Å². The molecule has 1 fully saturated rings. The largest absolute Gasteiger partial charge is 0.479 e. The predicted octanol–water partition coefficient (Wildman–Crippen LogP) is 2.44. The molecule has 0 saturated carbocycles. The number of carbonyl (C=O) groups is 3. The van der Waals surface area contributed by atoms with Crippen molar-refractivity contribution in [2.24, 2.45) is 7.05 Å². The molecule has 1 aliphatic carbocycles. The van der Waals surface area contributed by atoms with Gasteiger partial charge in [0.05, 0.1) is 6.54 Å². The van der Waals surface area contributed by atoms with E-state index in [2.05, 4.69) is 22.5 Å². The molecule has 1 saturated heterocycles. The van der Waals surface area contributed by atoms with Gasteiger partial charge in [-0.1, -0.05) is 48.5 Å². The maximum atomic E-state index is 12.8. The van der Waals surface area contributed by atoms with Crippen molar-refractivity contribution in [3.8, 4) is 11.1 Å². The molecule has 10 nitrogen and oxygen atoms in total. The Morgan fingerprint density at radius 1 is 1.11 bits per heavy atom. The number of aliphatic carboxylic acids is 1. The topological polar surface area (TPSA) is 134 Å². The lowest BCUT2D eigenvalue weighted by Crippen LogP contribution is -2.42. The highest BCUT2D eigenvalue weighted by Gasteiger charge is 2.45. The van der Waals surface area contributed by atoms with Gasteiger partial charge in [-0.2, -0.15) is 5.10 Å². The molecule has 1 unspecified atom stereocenters. The number of nitrogens with one attached hydrogen (secondary N) is 1. The van der Waals surface area contributed by atoms with Crippen molar-refractivity contribution < 1.29 is 29.3 Å². The van der Waals surface area contributed by atoms with Crippen LogP contribution < -0.4 is 5.32 Å². The quantitative estimate of drug-likeness (QED) is 0.515. The molecule has 2 amide bonds. The van der Waals surface area contributed by atoms with E-state index >= 15 is 0 Å². The molecule has 1 atom stereocenters. The number of aliphatic hydroxyl groups is 1. The molecule has 0 spiro atoms. The number of carboxylic acid groups (broad SMARTS) is 1. The third-order valence-corrected chi connectivity index (χ3v) is 6.61. The Labute approximate surface area is 200 Å². The maximum Gasteiger partial charge on any atom is 0.412 e. The number of benzene rings is 2. The number of rotatable bonds is 5. The molecule has 180 valence electrons. The molecular weight excluding hydrogens is 452 g/mol. The van der Waals surface area contributed by atoms with Crippen molar-refractivity contribution in [1.29, 1.82) is 0 Å². The van der Waals surface area contributed by atoms with Crippen LogP contribution in [0.1, 0.15) is 34.0 Å². The molecule has 0 radical (unpaired) electrons. The summed E-state index contributed by atoms with van der Waals surface area (Å²) < 4.78 is 6.80. The highest BCUT2D eigenvalue weighted by Crippen LogP contribution is 2.44. The molecule has 3 N–H and O–H groups in total. The Balaban J connectivity index is 1.24. The summed E-state index contributed by atoms with van der Waals surface area (Å²) in [5.74, 6) is -1.81. The minimum atomic E-state index is -1.96. The third kappa shape index (κ3) is 4.01. The van der Waals surface area contributed by atoms with Crippen LogP contribution in [-0.2, 0) is 16.6 Å². The molecule has 1 aromatic heterocycles. The van der Waals surface area contributed by atoms with Gasteiger partial charge in [-0.15, -0.1) is 0 Å². The number of carboxylic acids is 1. The van der Waals surface area contributed by atoms with Crippen LogP contribution in [0.2, 0.25) is 0 Å². The number of hydrogen-bond acceptors (Lipinski definition) is 6. The Bertz CT molecular complexity index is 1290. The molecule has 3 aromatic rings. The zero-order valence-corrected chi connectivity index (χ0v) is 19.0. The monoisotopic (exact) mass is 476 g/mol. The summed E-state index contributed by atoms with van der Waals surface area (Å²) in [5.41, 5.74) is 2.63. The van der Waals surface area contributed by atoms with Crippen LogP contribution in [0.4, 0.5) is 10.6 Å². The first-order valence-electron chi connectivity index (χ1n) is 11.2. The lowest BCUT2D eigenvalue weighted by molar-refractivity contribution is -0.156. The van der Waals surface area contributed by atoms with Crippen LogP contribution >= 0.6 is 0 Å². The van der Waals surface area contributed by atoms with Crippen molar-refractivity contribution in [2.75, 3.05) is 25.0 Å². The average Bonchev–Trinajstić information content (AvgIpc) is 3.51. The SMILES string of the molecule is Cn1nc(NC(=O)OCC2c3ccccc3-c3ccccc32)cc1C(=O)N1CCC(O)(C(=O)O)C1. The first-order chi connectivity index (χ1) is 16.8. The van der Waals surface area contributed by atoms with Crippen LogP contribution in [0, 0.1) is 0 Å². The van der Waals surface area contributed by atoms with Gasteiger partial charge in [0.25, 0.3) is 5.91 Å². The second-order valence-corrected chi connectivity index (χ2v) is 8.80. The summed E-state index contributed by atoms with van der Waals surface area (Å²) in [4.78, 5) is 37.9. The van der Waals surface area contributed by atoms with Crippen LogP contribution in [-0.4, -0.2) is 68.2 Å². The number of aryl methyl sites for hydroxylation is 1. The fourth-order valence-corrected chi connectivity index (χ4v) is 4.77. The zero-order chi connectivity index (χ0) is 24.7. The van der Waals surface area contributed by atoms with E-state index in [1.54, 1.807) is 0 Å². The minimum absolute atomic E-state index is 0.0587. The van der Waals surface area contributed by atoms with Crippen molar-refractivity contribution in [2.45, 2.75) is 17.9 Å². The van der Waals surface area contributed by atoms with E-state index in [1.165, 1.54) is 22.7 Å². The smallest absolute Gasteiger partial charge is 0.412 e. The first-order valence-corrected chi connectivity index (χ1v) is 11.2. The van der Waals surface area contributed by atoms with Crippen molar-refractivity contribution in [1.82, 2.24) is 14.7 Å². The maximum absolute atomic E-state index is 12.8. The molecule has 0 bridgehead atoms. The molecule has 2 heterocycles. The Hall–Kier alpha value is -4.18. The molecule has 2 aromatic carbocycles. The second kappa shape index (κ2) is 8.55. The summed E-state index contributed by atoms with van der Waals surface area (Å²) >= 11 is 0. The number of hydrogen-bond donors (Lipinski definition) is 3. The molecule has 2 aliphatic rings. The lowest BCUT2D eigenvalue weighted by atomic mass is 9.98. The number of β-amino-alcohol motifs (C(OH)–C–C–N with tert-alkyl or cyclic N) is 1. The van der Waals surface area contributed by atoms with E-state index in [1.807, 2.05) is 36.4 Å². The van der Waals surface area contributed by atoms with E-state index in [4.69, 9.17) is 4.74 Å². The summed E-state index contributed by atoms with van der Waals surface area (Å²) in [5, 5.41) is 26.0. The average molecular weight is 476 g/mol. The van der Waals surface area contributed by atoms with Gasteiger partial charge >= 0.3 is 12.1 Å². The lowest BCUT2D eigenvalue weighted by Gasteiger charge is -2.19. The van der Waals surface area contributed by atoms with Crippen LogP contribution in [0.15, 0.2) is 54.6 Å². The summed E-state index contributed by atoms with van der Waals surface area (Å²) in [6.45, 7) is -0.0799. The van der Waals surface area contributed by atoms with Crippen molar-refractivity contribution in [3.05, 3.63) is 71.4 Å². The molecular formula is C25H24N4O6. The Morgan fingerprint density at radius 2 is 1.74 bits per heavy atom. The van der Waals surface area contributed by atoms with Gasteiger partial charge in [0, 0.05) is 32.0 Å². The molecule has 10 heteroatoms. The number of fused-ring (bicyclic) bond motifs is 3. The first kappa shape index (κ1) is 22.6.